The molecule has 2 aromatic rings. The SMILES string of the molecule is Cc1ccc(CCN(C)c2cc(C)c(Br)cn2)o1. The number of halogens is 1. The fourth-order valence-corrected chi connectivity index (χ4v) is 1.96. The number of furan rings is 1. The van der Waals surface area contributed by atoms with Gasteiger partial charge in [0.05, 0.1) is 0 Å². The molecule has 96 valence electrons. The van der Waals surface area contributed by atoms with Crippen molar-refractivity contribution in [2.45, 2.75) is 20.3 Å². The lowest BCUT2D eigenvalue weighted by Crippen LogP contribution is -2.21. The summed E-state index contributed by atoms with van der Waals surface area (Å²) in [4.78, 5) is 6.54. The van der Waals surface area contributed by atoms with Crippen LogP contribution in [0.15, 0.2) is 33.3 Å². The highest BCUT2D eigenvalue weighted by atomic mass is 79.9. The monoisotopic (exact) mass is 308 g/mol. The number of hydrogen-bond acceptors (Lipinski definition) is 3. The molecule has 0 spiro atoms. The lowest BCUT2D eigenvalue weighted by atomic mass is 10.2. The van der Waals surface area contributed by atoms with Crippen LogP contribution in [-0.4, -0.2) is 18.6 Å². The molecule has 0 unspecified atom stereocenters. The average Bonchev–Trinajstić information content (AvgIpc) is 2.75. The molecular formula is C14H17BrN2O. The number of hydrogen-bond donors (Lipinski definition) is 0. The number of pyridine rings is 1. The van der Waals surface area contributed by atoms with E-state index in [9.17, 15) is 0 Å². The zero-order valence-corrected chi connectivity index (χ0v) is 12.5. The quantitative estimate of drug-likeness (QED) is 0.862. The Labute approximate surface area is 116 Å². The van der Waals surface area contributed by atoms with Gasteiger partial charge in [-0.3, -0.25) is 0 Å². The normalized spacial score (nSPS) is 10.7. The van der Waals surface area contributed by atoms with Crippen molar-refractivity contribution < 1.29 is 4.42 Å². The van der Waals surface area contributed by atoms with E-state index in [1.165, 1.54) is 5.56 Å². The van der Waals surface area contributed by atoms with Crippen LogP contribution in [0.1, 0.15) is 17.1 Å². The van der Waals surface area contributed by atoms with Crippen LogP contribution in [0.2, 0.25) is 0 Å². The van der Waals surface area contributed by atoms with E-state index >= 15 is 0 Å². The summed E-state index contributed by atoms with van der Waals surface area (Å²) >= 11 is 3.46. The van der Waals surface area contributed by atoms with Gasteiger partial charge in [0, 0.05) is 30.7 Å². The summed E-state index contributed by atoms with van der Waals surface area (Å²) in [5.41, 5.74) is 1.20. The summed E-state index contributed by atoms with van der Waals surface area (Å²) < 4.78 is 6.60. The van der Waals surface area contributed by atoms with E-state index in [-0.39, 0.29) is 0 Å². The van der Waals surface area contributed by atoms with Gasteiger partial charge in [-0.05, 0) is 53.5 Å². The molecule has 3 nitrogen and oxygen atoms in total. The summed E-state index contributed by atoms with van der Waals surface area (Å²) in [6.07, 6.45) is 2.74. The molecule has 0 saturated carbocycles. The van der Waals surface area contributed by atoms with Crippen molar-refractivity contribution in [1.29, 1.82) is 0 Å². The zero-order valence-electron chi connectivity index (χ0n) is 10.9. The number of nitrogens with zero attached hydrogens (tertiary/aromatic N) is 2. The van der Waals surface area contributed by atoms with Crippen molar-refractivity contribution in [3.8, 4) is 0 Å². The van der Waals surface area contributed by atoms with Crippen molar-refractivity contribution >= 4 is 21.7 Å². The molecule has 0 N–H and O–H groups in total. The smallest absolute Gasteiger partial charge is 0.128 e. The van der Waals surface area contributed by atoms with Crippen LogP contribution in [0.25, 0.3) is 0 Å². The predicted octanol–water partition coefficient (Wildman–Crippen LogP) is 3.73. The number of rotatable bonds is 4. The molecule has 0 amide bonds. The van der Waals surface area contributed by atoms with E-state index in [1.807, 2.05) is 32.3 Å². The molecule has 0 atom stereocenters. The lowest BCUT2D eigenvalue weighted by Gasteiger charge is -2.18. The summed E-state index contributed by atoms with van der Waals surface area (Å²) in [6, 6.07) is 6.11. The molecular weight excluding hydrogens is 292 g/mol. The third kappa shape index (κ3) is 3.13. The van der Waals surface area contributed by atoms with Crippen LogP contribution in [0.4, 0.5) is 5.82 Å². The summed E-state index contributed by atoms with van der Waals surface area (Å²) in [6.45, 7) is 4.92. The van der Waals surface area contributed by atoms with Gasteiger partial charge in [0.2, 0.25) is 0 Å². The van der Waals surface area contributed by atoms with Gasteiger partial charge in [-0.15, -0.1) is 0 Å². The minimum absolute atomic E-state index is 0.890. The predicted molar refractivity (Wildman–Crippen MR) is 77.1 cm³/mol. The van der Waals surface area contributed by atoms with Crippen LogP contribution in [0, 0.1) is 13.8 Å². The van der Waals surface area contributed by atoms with Crippen LogP contribution in [-0.2, 0) is 6.42 Å². The number of aryl methyl sites for hydroxylation is 2. The second kappa shape index (κ2) is 5.57. The Morgan fingerprint density at radius 2 is 2.11 bits per heavy atom. The minimum atomic E-state index is 0.890. The van der Waals surface area contributed by atoms with Crippen LogP contribution in [0.5, 0.6) is 0 Å². The molecule has 0 fully saturated rings. The van der Waals surface area contributed by atoms with Gasteiger partial charge in [0.25, 0.3) is 0 Å². The maximum Gasteiger partial charge on any atom is 0.128 e. The first-order valence-electron chi connectivity index (χ1n) is 5.95. The second-order valence-corrected chi connectivity index (χ2v) is 5.33. The Hall–Kier alpha value is -1.29. The Morgan fingerprint density at radius 1 is 1.33 bits per heavy atom. The number of aromatic nitrogens is 1. The highest BCUT2D eigenvalue weighted by molar-refractivity contribution is 9.10. The maximum absolute atomic E-state index is 5.56. The first-order valence-corrected chi connectivity index (χ1v) is 6.74. The first kappa shape index (κ1) is 13.1. The van der Waals surface area contributed by atoms with Crippen molar-refractivity contribution in [2.75, 3.05) is 18.5 Å². The lowest BCUT2D eigenvalue weighted by molar-refractivity contribution is 0.483. The molecule has 0 aliphatic carbocycles. The standard InChI is InChI=1S/C14H17BrN2O/c1-10-8-14(16-9-13(10)15)17(3)7-6-12-5-4-11(2)18-12/h4-5,8-9H,6-7H2,1-3H3. The molecule has 18 heavy (non-hydrogen) atoms. The van der Waals surface area contributed by atoms with Gasteiger partial charge < -0.3 is 9.32 Å². The molecule has 0 bridgehead atoms. The van der Waals surface area contributed by atoms with Crippen molar-refractivity contribution in [3.05, 3.63) is 46.0 Å². The summed E-state index contributed by atoms with van der Waals surface area (Å²) in [5, 5.41) is 0. The fraction of sp³-hybridized carbons (Fsp3) is 0.357. The van der Waals surface area contributed by atoms with E-state index in [4.69, 9.17) is 4.42 Å². The zero-order chi connectivity index (χ0) is 13.1. The molecule has 0 saturated heterocycles. The van der Waals surface area contributed by atoms with Gasteiger partial charge in [-0.2, -0.15) is 0 Å². The van der Waals surface area contributed by atoms with Gasteiger partial charge >= 0.3 is 0 Å². The molecule has 4 heteroatoms. The number of likely N-dealkylation sites (N-methyl/N-ethyl adjacent to an activating group) is 1. The van der Waals surface area contributed by atoms with E-state index in [0.29, 0.717) is 0 Å². The third-order valence-electron chi connectivity index (χ3n) is 2.91. The van der Waals surface area contributed by atoms with Gasteiger partial charge in [-0.25, -0.2) is 4.98 Å². The van der Waals surface area contributed by atoms with E-state index in [1.54, 1.807) is 0 Å². The summed E-state index contributed by atoms with van der Waals surface area (Å²) in [5.74, 6) is 2.97. The van der Waals surface area contributed by atoms with Crippen LogP contribution < -0.4 is 4.90 Å². The van der Waals surface area contributed by atoms with Crippen LogP contribution >= 0.6 is 15.9 Å². The van der Waals surface area contributed by atoms with Gasteiger partial charge in [0.1, 0.15) is 17.3 Å². The Bertz CT molecular complexity index is 536. The molecule has 0 aromatic carbocycles. The molecule has 2 aromatic heterocycles. The van der Waals surface area contributed by atoms with Gasteiger partial charge in [-0.1, -0.05) is 0 Å². The fourth-order valence-electron chi connectivity index (χ4n) is 1.75. The van der Waals surface area contributed by atoms with Crippen molar-refractivity contribution in [2.24, 2.45) is 0 Å². The highest BCUT2D eigenvalue weighted by Gasteiger charge is 2.06. The van der Waals surface area contributed by atoms with E-state index in [0.717, 1.165) is 34.8 Å². The first-order chi connectivity index (χ1) is 8.56. The minimum Gasteiger partial charge on any atom is -0.466 e. The van der Waals surface area contributed by atoms with Gasteiger partial charge in [0.15, 0.2) is 0 Å². The highest BCUT2D eigenvalue weighted by Crippen LogP contribution is 2.19. The topological polar surface area (TPSA) is 29.3 Å². The van der Waals surface area contributed by atoms with Crippen LogP contribution in [0.3, 0.4) is 0 Å². The molecule has 0 aliphatic rings. The van der Waals surface area contributed by atoms with E-state index < -0.39 is 0 Å². The average molecular weight is 309 g/mol. The van der Waals surface area contributed by atoms with Crippen molar-refractivity contribution in [1.82, 2.24) is 4.98 Å². The maximum atomic E-state index is 5.56. The molecule has 2 heterocycles. The molecule has 0 aliphatic heterocycles. The molecule has 0 radical (unpaired) electrons. The Balaban J connectivity index is 1.99. The van der Waals surface area contributed by atoms with E-state index in [2.05, 4.69) is 38.8 Å². The Morgan fingerprint density at radius 3 is 2.72 bits per heavy atom. The van der Waals surface area contributed by atoms with Crippen molar-refractivity contribution in [3.63, 3.8) is 0 Å². The molecule has 2 rings (SSSR count). The Kier molecular flexibility index (Phi) is 4.07. The number of anilines is 1. The summed E-state index contributed by atoms with van der Waals surface area (Å²) in [7, 11) is 2.05. The second-order valence-electron chi connectivity index (χ2n) is 4.48. The third-order valence-corrected chi connectivity index (χ3v) is 3.74. The largest absolute Gasteiger partial charge is 0.466 e.